The molecule has 0 aliphatic carbocycles. The predicted molar refractivity (Wildman–Crippen MR) is 83.7 cm³/mol. The maximum Gasteiger partial charge on any atom is 0.264 e. The molecule has 3 rings (SSSR count). The molecule has 1 heterocycles. The zero-order valence-corrected chi connectivity index (χ0v) is 13.0. The maximum absolute atomic E-state index is 13.0. The number of hydrogen-bond acceptors (Lipinski definition) is 4. The Morgan fingerprint density at radius 2 is 1.77 bits per heavy atom. The van der Waals surface area contributed by atoms with Crippen molar-refractivity contribution in [1.82, 2.24) is 0 Å². The fraction of sp³-hybridized carbons (Fsp3) is 0.250. The number of rotatable bonds is 6. The first-order valence-corrected chi connectivity index (χ1v) is 8.39. The largest absolute Gasteiger partial charge is 0.495 e. The van der Waals surface area contributed by atoms with E-state index < -0.39 is 10.0 Å². The standard InChI is InChI=1S/C16H17NO4S/c1-20-16-10-6-5-9-15(16)17(11-13-12-21-13)22(18,19)14-7-3-2-4-8-14/h2-10,13H,11-12H2,1H3/t13-/m0/s1. The van der Waals surface area contributed by atoms with E-state index in [1.807, 2.05) is 6.07 Å². The van der Waals surface area contributed by atoms with Gasteiger partial charge in [-0.2, -0.15) is 0 Å². The fourth-order valence-electron chi connectivity index (χ4n) is 2.24. The van der Waals surface area contributed by atoms with Crippen LogP contribution in [-0.2, 0) is 14.8 Å². The number of hydrogen-bond donors (Lipinski definition) is 0. The third kappa shape index (κ3) is 2.93. The smallest absolute Gasteiger partial charge is 0.264 e. The van der Waals surface area contributed by atoms with Gasteiger partial charge in [0.2, 0.25) is 0 Å². The summed E-state index contributed by atoms with van der Waals surface area (Å²) in [5.41, 5.74) is 0.518. The molecule has 6 heteroatoms. The molecule has 2 aromatic carbocycles. The van der Waals surface area contributed by atoms with Crippen molar-refractivity contribution in [2.24, 2.45) is 0 Å². The molecule has 22 heavy (non-hydrogen) atoms. The van der Waals surface area contributed by atoms with Crippen LogP contribution in [0, 0.1) is 0 Å². The monoisotopic (exact) mass is 319 g/mol. The second-order valence-electron chi connectivity index (χ2n) is 4.98. The van der Waals surface area contributed by atoms with E-state index in [1.165, 1.54) is 11.4 Å². The molecule has 0 radical (unpaired) electrons. The quantitative estimate of drug-likeness (QED) is 0.767. The van der Waals surface area contributed by atoms with Crippen LogP contribution in [0.1, 0.15) is 0 Å². The molecular weight excluding hydrogens is 302 g/mol. The minimum atomic E-state index is -3.67. The Kier molecular flexibility index (Phi) is 4.04. The van der Waals surface area contributed by atoms with Gasteiger partial charge < -0.3 is 9.47 Å². The Hall–Kier alpha value is -2.05. The van der Waals surface area contributed by atoms with Crippen LogP contribution in [0.4, 0.5) is 5.69 Å². The number of nitrogens with zero attached hydrogens (tertiary/aromatic N) is 1. The lowest BCUT2D eigenvalue weighted by atomic mass is 10.3. The highest BCUT2D eigenvalue weighted by molar-refractivity contribution is 7.92. The van der Waals surface area contributed by atoms with Crippen molar-refractivity contribution in [1.29, 1.82) is 0 Å². The van der Waals surface area contributed by atoms with Crippen molar-refractivity contribution in [3.8, 4) is 5.75 Å². The van der Waals surface area contributed by atoms with Gasteiger partial charge in [0.1, 0.15) is 5.75 Å². The molecule has 0 aromatic heterocycles. The summed E-state index contributed by atoms with van der Waals surface area (Å²) < 4.78 is 37.8. The van der Waals surface area contributed by atoms with E-state index in [9.17, 15) is 8.42 Å². The molecule has 1 saturated heterocycles. The molecule has 0 saturated carbocycles. The summed E-state index contributed by atoms with van der Waals surface area (Å²) in [7, 11) is -2.14. The second kappa shape index (κ2) is 5.98. The number of benzene rings is 2. The van der Waals surface area contributed by atoms with Crippen LogP contribution >= 0.6 is 0 Å². The number of epoxide rings is 1. The molecule has 5 nitrogen and oxygen atoms in total. The van der Waals surface area contributed by atoms with Gasteiger partial charge in [0.05, 0.1) is 36.9 Å². The third-order valence-electron chi connectivity index (χ3n) is 3.46. The van der Waals surface area contributed by atoms with Gasteiger partial charge in [0.25, 0.3) is 10.0 Å². The minimum absolute atomic E-state index is 0.0663. The van der Waals surface area contributed by atoms with Gasteiger partial charge in [-0.25, -0.2) is 8.42 Å². The first-order valence-electron chi connectivity index (χ1n) is 6.95. The first kappa shape index (κ1) is 14.9. The topological polar surface area (TPSA) is 59.1 Å². The van der Waals surface area contributed by atoms with Crippen LogP contribution in [-0.4, -0.2) is 34.8 Å². The Bertz CT molecular complexity index is 742. The number of ether oxygens (including phenoxy) is 2. The highest BCUT2D eigenvalue weighted by Crippen LogP contribution is 2.33. The predicted octanol–water partition coefficient (Wildman–Crippen LogP) is 2.29. The van der Waals surface area contributed by atoms with Gasteiger partial charge in [-0.1, -0.05) is 30.3 Å². The number of sulfonamides is 1. The lowest BCUT2D eigenvalue weighted by Crippen LogP contribution is -2.34. The highest BCUT2D eigenvalue weighted by atomic mass is 32.2. The molecule has 1 aliphatic rings. The molecule has 1 aliphatic heterocycles. The van der Waals surface area contributed by atoms with Gasteiger partial charge in [0, 0.05) is 0 Å². The summed E-state index contributed by atoms with van der Waals surface area (Å²) in [5, 5.41) is 0. The minimum Gasteiger partial charge on any atom is -0.495 e. The molecule has 0 unspecified atom stereocenters. The van der Waals surface area contributed by atoms with Crippen molar-refractivity contribution < 1.29 is 17.9 Å². The first-order chi connectivity index (χ1) is 10.6. The van der Waals surface area contributed by atoms with Crippen LogP contribution in [0.3, 0.4) is 0 Å². The van der Waals surface area contributed by atoms with E-state index in [0.29, 0.717) is 18.0 Å². The van der Waals surface area contributed by atoms with Crippen LogP contribution < -0.4 is 9.04 Å². The van der Waals surface area contributed by atoms with E-state index in [-0.39, 0.29) is 17.5 Å². The summed E-state index contributed by atoms with van der Waals surface area (Å²) in [6.45, 7) is 0.855. The summed E-state index contributed by atoms with van der Waals surface area (Å²) in [6, 6.07) is 15.5. The third-order valence-corrected chi connectivity index (χ3v) is 5.25. The van der Waals surface area contributed by atoms with Crippen LogP contribution in [0.15, 0.2) is 59.5 Å². The SMILES string of the molecule is COc1ccccc1N(C[C@H]1CO1)S(=O)(=O)c1ccccc1. The molecule has 0 bridgehead atoms. The Morgan fingerprint density at radius 3 is 2.41 bits per heavy atom. The van der Waals surface area contributed by atoms with Crippen molar-refractivity contribution in [2.75, 3.05) is 24.6 Å². The summed E-state index contributed by atoms with van der Waals surface area (Å²) in [5.74, 6) is 0.516. The summed E-state index contributed by atoms with van der Waals surface area (Å²) in [6.07, 6.45) is -0.0663. The van der Waals surface area contributed by atoms with Gasteiger partial charge >= 0.3 is 0 Å². The van der Waals surface area contributed by atoms with E-state index in [1.54, 1.807) is 48.5 Å². The van der Waals surface area contributed by atoms with E-state index >= 15 is 0 Å². The summed E-state index contributed by atoms with van der Waals surface area (Å²) >= 11 is 0. The number of para-hydroxylation sites is 2. The van der Waals surface area contributed by atoms with Crippen LogP contribution in [0.5, 0.6) is 5.75 Å². The number of anilines is 1. The lowest BCUT2D eigenvalue weighted by molar-refractivity contribution is 0.406. The van der Waals surface area contributed by atoms with Crippen molar-refractivity contribution >= 4 is 15.7 Å². The van der Waals surface area contributed by atoms with E-state index in [4.69, 9.17) is 9.47 Å². The zero-order valence-electron chi connectivity index (χ0n) is 12.2. The Labute approximate surface area is 130 Å². The average Bonchev–Trinajstić information content (AvgIpc) is 3.37. The van der Waals surface area contributed by atoms with Gasteiger partial charge in [-0.15, -0.1) is 0 Å². The van der Waals surface area contributed by atoms with Gasteiger partial charge in [-0.3, -0.25) is 4.31 Å². The van der Waals surface area contributed by atoms with E-state index in [0.717, 1.165) is 0 Å². The molecular formula is C16H17NO4S. The Morgan fingerprint density at radius 1 is 1.14 bits per heavy atom. The maximum atomic E-state index is 13.0. The second-order valence-corrected chi connectivity index (χ2v) is 6.84. The van der Waals surface area contributed by atoms with Crippen LogP contribution in [0.2, 0.25) is 0 Å². The lowest BCUT2D eigenvalue weighted by Gasteiger charge is -2.25. The van der Waals surface area contributed by atoms with Crippen molar-refractivity contribution in [3.05, 3.63) is 54.6 Å². The van der Waals surface area contributed by atoms with Crippen molar-refractivity contribution in [3.63, 3.8) is 0 Å². The molecule has 116 valence electrons. The Balaban J connectivity index is 2.06. The molecule has 2 aromatic rings. The summed E-state index contributed by atoms with van der Waals surface area (Å²) in [4.78, 5) is 0.251. The zero-order chi connectivity index (χ0) is 15.6. The molecule has 0 amide bonds. The van der Waals surface area contributed by atoms with E-state index in [2.05, 4.69) is 0 Å². The molecule has 0 N–H and O–H groups in total. The molecule has 1 atom stereocenters. The fourth-order valence-corrected chi connectivity index (χ4v) is 3.77. The molecule has 1 fully saturated rings. The van der Waals surface area contributed by atoms with Gasteiger partial charge in [0.15, 0.2) is 0 Å². The molecule has 0 spiro atoms. The number of methoxy groups -OCH3 is 1. The van der Waals surface area contributed by atoms with Crippen LogP contribution in [0.25, 0.3) is 0 Å². The average molecular weight is 319 g/mol. The van der Waals surface area contributed by atoms with Gasteiger partial charge in [-0.05, 0) is 24.3 Å². The normalized spacial score (nSPS) is 17.0. The highest BCUT2D eigenvalue weighted by Gasteiger charge is 2.34. The van der Waals surface area contributed by atoms with Crippen molar-refractivity contribution in [2.45, 2.75) is 11.0 Å².